The number of aryl methyl sites for hydroxylation is 2. The van der Waals surface area contributed by atoms with E-state index in [1.165, 1.54) is 11.8 Å². The molecule has 0 spiro atoms. The van der Waals surface area contributed by atoms with E-state index in [9.17, 15) is 21.0 Å². The normalized spacial score (nSPS) is 11.8. The second-order valence-corrected chi connectivity index (χ2v) is 16.9. The molecule has 6 heterocycles. The van der Waals surface area contributed by atoms with Crippen molar-refractivity contribution in [1.82, 2.24) is 19.9 Å². The summed E-state index contributed by atoms with van der Waals surface area (Å²) in [5.74, 6) is 2.83. The number of fused-ring (bicyclic) bond motifs is 2. The van der Waals surface area contributed by atoms with Gasteiger partial charge in [-0.25, -0.2) is 19.9 Å². The molecule has 0 bridgehead atoms. The van der Waals surface area contributed by atoms with Gasteiger partial charge in [0.2, 0.25) is 0 Å². The predicted molar refractivity (Wildman–Crippen MR) is 248 cm³/mol. The molecular formula is C46H38N12O4S3. The van der Waals surface area contributed by atoms with Crippen LogP contribution in [0.4, 0.5) is 17.5 Å². The van der Waals surface area contributed by atoms with Crippen molar-refractivity contribution in [2.45, 2.75) is 36.9 Å². The van der Waals surface area contributed by atoms with Gasteiger partial charge in [-0.15, -0.1) is 22.7 Å². The zero-order chi connectivity index (χ0) is 45.9. The Morgan fingerprint density at radius 2 is 1.11 bits per heavy atom. The number of anilines is 3. The lowest BCUT2D eigenvalue weighted by molar-refractivity contribution is 0.171. The van der Waals surface area contributed by atoms with Crippen molar-refractivity contribution in [1.29, 1.82) is 21.0 Å². The van der Waals surface area contributed by atoms with Crippen LogP contribution in [0.15, 0.2) is 87.4 Å². The van der Waals surface area contributed by atoms with Crippen LogP contribution in [0.5, 0.6) is 23.0 Å². The molecule has 3 aromatic carbocycles. The first kappa shape index (κ1) is 45.1. The summed E-state index contributed by atoms with van der Waals surface area (Å²) in [6.45, 7) is 6.69. The number of ether oxygens (including phenoxy) is 4. The Bertz CT molecular complexity index is 3040. The molecule has 16 nitrogen and oxygen atoms in total. The number of nitrogens with zero attached hydrogens (tertiary/aromatic N) is 8. The molecule has 0 saturated heterocycles. The first-order valence-electron chi connectivity index (χ1n) is 19.7. The molecule has 7 N–H and O–H groups in total. The Morgan fingerprint density at radius 3 is 1.58 bits per heavy atom. The molecule has 2 aliphatic rings. The highest BCUT2D eigenvalue weighted by molar-refractivity contribution is 7.99. The minimum absolute atomic E-state index is 0.0494. The van der Waals surface area contributed by atoms with E-state index < -0.39 is 0 Å². The fraction of sp³-hybridized carbons (Fsp3) is 0.174. The van der Waals surface area contributed by atoms with Crippen molar-refractivity contribution in [3.8, 4) is 69.5 Å². The minimum atomic E-state index is 0.0494. The van der Waals surface area contributed by atoms with Gasteiger partial charge in [0.15, 0.2) is 23.0 Å². The fourth-order valence-corrected chi connectivity index (χ4v) is 8.71. The molecule has 7 aromatic rings. The first-order valence-corrected chi connectivity index (χ1v) is 22.3. The van der Waals surface area contributed by atoms with E-state index in [-0.39, 0.29) is 28.3 Å². The third kappa shape index (κ3) is 10.5. The van der Waals surface area contributed by atoms with Crippen LogP contribution in [-0.4, -0.2) is 46.4 Å². The largest absolute Gasteiger partial charge is 0.486 e. The van der Waals surface area contributed by atoms with E-state index >= 15 is 0 Å². The van der Waals surface area contributed by atoms with Crippen molar-refractivity contribution in [3.63, 3.8) is 0 Å². The van der Waals surface area contributed by atoms with Gasteiger partial charge in [-0.3, -0.25) is 0 Å². The Hall–Kier alpha value is -7.91. The quantitative estimate of drug-likeness (QED) is 0.112. The predicted octanol–water partition coefficient (Wildman–Crippen LogP) is 8.13. The first-order chi connectivity index (χ1) is 31.6. The molecule has 0 saturated carbocycles. The van der Waals surface area contributed by atoms with Crippen LogP contribution >= 0.6 is 34.4 Å². The summed E-state index contributed by atoms with van der Waals surface area (Å²) in [5, 5.41) is 48.6. The molecule has 0 aliphatic carbocycles. The van der Waals surface area contributed by atoms with E-state index in [0.717, 1.165) is 26.3 Å². The lowest BCUT2D eigenvalue weighted by Gasteiger charge is -2.20. The van der Waals surface area contributed by atoms with Crippen LogP contribution in [-0.2, 0) is 13.1 Å². The smallest absolute Gasteiger partial charge is 0.161 e. The van der Waals surface area contributed by atoms with E-state index in [1.54, 1.807) is 59.1 Å². The number of aromatic nitrogens is 4. The third-order valence-corrected chi connectivity index (χ3v) is 12.1. The van der Waals surface area contributed by atoms with Gasteiger partial charge in [-0.2, -0.15) is 21.0 Å². The van der Waals surface area contributed by atoms with Crippen molar-refractivity contribution < 1.29 is 18.9 Å². The highest BCUT2D eigenvalue weighted by atomic mass is 32.2. The number of hydrogen-bond donors (Lipinski definition) is 4. The SMILES string of the molecule is Cc1nc(CN)cs1.Cc1nc(CNc2nc(N)c(C#N)c(-c3ccc4c(c3)OCCO4)c2C#N)cs1.N#Cc1c(N)nc(Sc2ccccc2)c(C#N)c1-c1ccc2c(c1)OCCO2. The molecule has 65 heavy (non-hydrogen) atoms. The third-order valence-electron chi connectivity index (χ3n) is 9.46. The minimum Gasteiger partial charge on any atom is -0.486 e. The number of hydrogen-bond acceptors (Lipinski definition) is 19. The average molecular weight is 919 g/mol. The number of nitrogens with two attached hydrogens (primary N) is 3. The van der Waals surface area contributed by atoms with E-state index in [2.05, 4.69) is 49.5 Å². The zero-order valence-electron chi connectivity index (χ0n) is 34.9. The molecule has 4 aromatic heterocycles. The summed E-state index contributed by atoms with van der Waals surface area (Å²) < 4.78 is 22.4. The molecule has 2 aliphatic heterocycles. The fourth-order valence-electron chi connectivity index (χ4n) is 6.57. The van der Waals surface area contributed by atoms with E-state index in [0.29, 0.717) is 101 Å². The van der Waals surface area contributed by atoms with Crippen molar-refractivity contribution >= 4 is 51.9 Å². The highest BCUT2D eigenvalue weighted by Gasteiger charge is 2.24. The van der Waals surface area contributed by atoms with Crippen molar-refractivity contribution in [2.75, 3.05) is 43.2 Å². The van der Waals surface area contributed by atoms with Gasteiger partial charge in [0.05, 0.1) is 33.5 Å². The number of pyridine rings is 2. The maximum Gasteiger partial charge on any atom is 0.161 e. The molecule has 19 heteroatoms. The van der Waals surface area contributed by atoms with Crippen LogP contribution in [0.1, 0.15) is 43.7 Å². The second-order valence-electron chi connectivity index (χ2n) is 13.8. The highest BCUT2D eigenvalue weighted by Crippen LogP contribution is 2.42. The molecule has 9 rings (SSSR count). The van der Waals surface area contributed by atoms with Gasteiger partial charge >= 0.3 is 0 Å². The van der Waals surface area contributed by atoms with Gasteiger partial charge in [0.1, 0.15) is 89.9 Å². The number of benzene rings is 3. The Labute approximate surface area is 386 Å². The topological polar surface area (TPSA) is 274 Å². The van der Waals surface area contributed by atoms with E-state index in [1.807, 2.05) is 54.9 Å². The Morgan fingerprint density at radius 1 is 0.615 bits per heavy atom. The number of nitriles is 4. The zero-order valence-corrected chi connectivity index (χ0v) is 37.4. The van der Waals surface area contributed by atoms with Crippen LogP contribution in [0.25, 0.3) is 22.3 Å². The van der Waals surface area contributed by atoms with Crippen molar-refractivity contribution in [2.24, 2.45) is 5.73 Å². The number of nitrogens with one attached hydrogen (secondary N) is 1. The van der Waals surface area contributed by atoms with Crippen LogP contribution in [0.2, 0.25) is 0 Å². The van der Waals surface area contributed by atoms with Crippen LogP contribution < -0.4 is 41.5 Å². The van der Waals surface area contributed by atoms with Crippen molar-refractivity contribution in [3.05, 3.63) is 121 Å². The average Bonchev–Trinajstić information content (AvgIpc) is 3.97. The number of nitrogen functional groups attached to an aromatic ring is 2. The molecule has 0 unspecified atom stereocenters. The molecule has 0 atom stereocenters. The van der Waals surface area contributed by atoms with Gasteiger partial charge in [-0.05, 0) is 61.4 Å². The van der Waals surface area contributed by atoms with Gasteiger partial charge < -0.3 is 41.5 Å². The Kier molecular flexibility index (Phi) is 14.6. The maximum atomic E-state index is 9.88. The number of rotatable bonds is 8. The van der Waals surface area contributed by atoms with Gasteiger partial charge in [0, 0.05) is 33.3 Å². The summed E-state index contributed by atoms with van der Waals surface area (Å²) >= 11 is 4.51. The van der Waals surface area contributed by atoms with Gasteiger partial charge in [-0.1, -0.05) is 42.1 Å². The lowest BCUT2D eigenvalue weighted by atomic mass is 9.95. The summed E-state index contributed by atoms with van der Waals surface area (Å²) in [6.07, 6.45) is 0. The summed E-state index contributed by atoms with van der Waals surface area (Å²) in [6, 6.07) is 28.7. The molecule has 0 radical (unpaired) electrons. The second kappa shape index (κ2) is 21.0. The monoisotopic (exact) mass is 918 g/mol. The standard InChI is InChI=1S/C21H14N4O2S.C20H16N6O2S.C5H8N2S/c22-11-15-19(13-6-7-17-18(10-13)27-9-8-26-17)16(12-23)21(25-20(15)24)28-14-4-2-1-3-5-14;1-11-25-13(10-29-11)9-24-20-15(8-22)18(14(7-21)19(23)26-20)12-2-3-16-17(6-12)28-5-4-27-16;1-4-7-5(2-6)3-8-4/h1-7,10H,8-9H2,(H2,24,25);2-3,6,10H,4-5,9H2,1H3,(H3,23,24,26);3H,2,6H2,1H3. The number of thiazole rings is 2. The van der Waals surface area contributed by atoms with Crippen LogP contribution in [0, 0.1) is 59.2 Å². The maximum absolute atomic E-state index is 9.88. The van der Waals surface area contributed by atoms with Gasteiger partial charge in [0.25, 0.3) is 0 Å². The molecule has 0 amide bonds. The summed E-state index contributed by atoms with van der Waals surface area (Å²) in [5.41, 5.74) is 22.3. The molecular weight excluding hydrogens is 881 g/mol. The Balaban J connectivity index is 0.000000166. The molecule has 0 fully saturated rings. The summed E-state index contributed by atoms with van der Waals surface area (Å²) in [4.78, 5) is 18.0. The molecule has 324 valence electrons. The summed E-state index contributed by atoms with van der Waals surface area (Å²) in [7, 11) is 0. The lowest BCUT2D eigenvalue weighted by Crippen LogP contribution is -2.15. The van der Waals surface area contributed by atoms with Crippen LogP contribution in [0.3, 0.4) is 0 Å². The van der Waals surface area contributed by atoms with E-state index in [4.69, 9.17) is 36.1 Å².